The summed E-state index contributed by atoms with van der Waals surface area (Å²) in [5.41, 5.74) is 4.35. The predicted molar refractivity (Wildman–Crippen MR) is 47.7 cm³/mol. The first-order chi connectivity index (χ1) is 5.78. The van der Waals surface area contributed by atoms with Crippen LogP contribution in [0.25, 0.3) is 0 Å². The van der Waals surface area contributed by atoms with Gasteiger partial charge in [0, 0.05) is 12.8 Å². The highest BCUT2D eigenvalue weighted by molar-refractivity contribution is 5.79. The maximum absolute atomic E-state index is 11.2. The van der Waals surface area contributed by atoms with E-state index in [4.69, 9.17) is 0 Å². The van der Waals surface area contributed by atoms with Crippen LogP contribution in [0.2, 0.25) is 0 Å². The van der Waals surface area contributed by atoms with Crippen molar-refractivity contribution in [1.29, 1.82) is 0 Å². The molecule has 2 aliphatic rings. The number of hydrogen-bond donors (Lipinski definition) is 0. The van der Waals surface area contributed by atoms with Crippen molar-refractivity contribution in [3.63, 3.8) is 0 Å². The molecule has 2 aliphatic carbocycles. The molecule has 1 heteroatoms. The smallest absolute Gasteiger partial charge is 0.133 e. The normalized spacial score (nSPS) is 34.7. The first-order valence-electron chi connectivity index (χ1n) is 4.67. The topological polar surface area (TPSA) is 17.1 Å². The third-order valence-electron chi connectivity index (χ3n) is 3.02. The Balaban J connectivity index is 2.15. The molecular weight excluding hydrogens is 148 g/mol. The molecule has 0 aromatic carbocycles. The highest BCUT2D eigenvalue weighted by Crippen LogP contribution is 2.40. The van der Waals surface area contributed by atoms with E-state index in [1.807, 2.05) is 0 Å². The van der Waals surface area contributed by atoms with Gasteiger partial charge in [0.25, 0.3) is 0 Å². The number of hydrogen-bond acceptors (Lipinski definition) is 1. The standard InChI is InChI=1S/C11H14O/c1-2-8-3-9-5-10(4-8)7-11(12)6-9/h9-10H,1,3-7H2. The van der Waals surface area contributed by atoms with E-state index in [1.54, 1.807) is 0 Å². The Kier molecular flexibility index (Phi) is 1.90. The van der Waals surface area contributed by atoms with Gasteiger partial charge in [-0.25, -0.2) is 0 Å². The molecule has 0 amide bonds. The molecule has 0 aromatic heterocycles. The monoisotopic (exact) mass is 162 g/mol. The van der Waals surface area contributed by atoms with E-state index in [2.05, 4.69) is 12.3 Å². The molecule has 1 nitrogen and oxygen atoms in total. The number of allylic oxidation sites excluding steroid dienone is 1. The summed E-state index contributed by atoms with van der Waals surface area (Å²) in [4.78, 5) is 11.2. The molecule has 64 valence electrons. The Morgan fingerprint density at radius 2 is 1.75 bits per heavy atom. The summed E-state index contributed by atoms with van der Waals surface area (Å²) in [6.07, 6.45) is 5.03. The second-order valence-corrected chi connectivity index (χ2v) is 4.10. The highest BCUT2D eigenvalue weighted by atomic mass is 16.1. The summed E-state index contributed by atoms with van der Waals surface area (Å²) in [5, 5.41) is 0. The first kappa shape index (κ1) is 7.82. The van der Waals surface area contributed by atoms with Crippen LogP contribution in [0.4, 0.5) is 0 Å². The summed E-state index contributed by atoms with van der Waals surface area (Å²) < 4.78 is 0. The molecule has 0 aliphatic heterocycles. The molecule has 0 spiro atoms. The van der Waals surface area contributed by atoms with Gasteiger partial charge in [-0.3, -0.25) is 4.79 Å². The molecule has 2 unspecified atom stereocenters. The Bertz CT molecular complexity index is 240. The molecule has 12 heavy (non-hydrogen) atoms. The Labute approximate surface area is 73.2 Å². The van der Waals surface area contributed by atoms with Crippen molar-refractivity contribution in [2.24, 2.45) is 11.8 Å². The number of carbonyl (C=O) groups is 1. The second-order valence-electron chi connectivity index (χ2n) is 4.10. The van der Waals surface area contributed by atoms with Crippen LogP contribution >= 0.6 is 0 Å². The van der Waals surface area contributed by atoms with Gasteiger partial charge >= 0.3 is 0 Å². The van der Waals surface area contributed by atoms with Gasteiger partial charge in [-0.2, -0.15) is 0 Å². The van der Waals surface area contributed by atoms with Gasteiger partial charge in [-0.15, -0.1) is 5.73 Å². The summed E-state index contributed by atoms with van der Waals surface area (Å²) in [7, 11) is 0. The Morgan fingerprint density at radius 3 is 2.25 bits per heavy atom. The van der Waals surface area contributed by atoms with Crippen molar-refractivity contribution in [1.82, 2.24) is 0 Å². The summed E-state index contributed by atoms with van der Waals surface area (Å²) >= 11 is 0. The molecule has 2 fully saturated rings. The molecule has 0 saturated heterocycles. The zero-order valence-electron chi connectivity index (χ0n) is 7.31. The van der Waals surface area contributed by atoms with Crippen LogP contribution in [0.5, 0.6) is 0 Å². The van der Waals surface area contributed by atoms with Gasteiger partial charge in [-0.05, 0) is 36.7 Å². The summed E-state index contributed by atoms with van der Waals surface area (Å²) in [6, 6.07) is 0. The number of ketones is 1. The minimum Gasteiger partial charge on any atom is -0.300 e. The second kappa shape index (κ2) is 2.91. The van der Waals surface area contributed by atoms with Crippen LogP contribution in [-0.4, -0.2) is 5.78 Å². The van der Waals surface area contributed by atoms with E-state index >= 15 is 0 Å². The van der Waals surface area contributed by atoms with E-state index in [0.29, 0.717) is 17.6 Å². The first-order valence-corrected chi connectivity index (χ1v) is 4.67. The van der Waals surface area contributed by atoms with Crippen LogP contribution in [-0.2, 0) is 4.79 Å². The maximum Gasteiger partial charge on any atom is 0.133 e. The van der Waals surface area contributed by atoms with Crippen LogP contribution in [0, 0.1) is 11.8 Å². The number of carbonyl (C=O) groups excluding carboxylic acids is 1. The van der Waals surface area contributed by atoms with Crippen molar-refractivity contribution in [2.75, 3.05) is 0 Å². The van der Waals surface area contributed by atoms with E-state index in [9.17, 15) is 4.79 Å². The summed E-state index contributed by atoms with van der Waals surface area (Å²) in [5.74, 6) is 1.71. The number of fused-ring (bicyclic) bond motifs is 2. The average Bonchev–Trinajstić information content (AvgIpc) is 2.02. The van der Waals surface area contributed by atoms with Crippen LogP contribution in [0.15, 0.2) is 17.9 Å². The van der Waals surface area contributed by atoms with Crippen LogP contribution in [0.3, 0.4) is 0 Å². The molecule has 0 aromatic rings. The lowest BCUT2D eigenvalue weighted by atomic mass is 9.70. The van der Waals surface area contributed by atoms with Crippen LogP contribution in [0.1, 0.15) is 32.1 Å². The van der Waals surface area contributed by atoms with Crippen molar-refractivity contribution in [2.45, 2.75) is 32.1 Å². The Hall–Kier alpha value is -0.810. The van der Waals surface area contributed by atoms with E-state index in [-0.39, 0.29) is 0 Å². The van der Waals surface area contributed by atoms with Gasteiger partial charge in [0.2, 0.25) is 0 Å². The fourth-order valence-corrected chi connectivity index (χ4v) is 2.60. The molecule has 2 bridgehead atoms. The molecule has 2 atom stereocenters. The van der Waals surface area contributed by atoms with E-state index in [1.165, 1.54) is 12.0 Å². The molecule has 2 rings (SSSR count). The maximum atomic E-state index is 11.2. The number of rotatable bonds is 0. The zero-order valence-corrected chi connectivity index (χ0v) is 7.31. The average molecular weight is 162 g/mol. The van der Waals surface area contributed by atoms with Gasteiger partial charge in [0.05, 0.1) is 0 Å². The quantitative estimate of drug-likeness (QED) is 0.500. The largest absolute Gasteiger partial charge is 0.300 e. The molecule has 0 N–H and O–H groups in total. The Morgan fingerprint density at radius 1 is 1.17 bits per heavy atom. The lowest BCUT2D eigenvalue weighted by Crippen LogP contribution is -2.27. The van der Waals surface area contributed by atoms with Crippen molar-refractivity contribution < 1.29 is 4.79 Å². The highest BCUT2D eigenvalue weighted by Gasteiger charge is 2.32. The van der Waals surface area contributed by atoms with Crippen molar-refractivity contribution >= 4 is 5.78 Å². The lowest BCUT2D eigenvalue weighted by molar-refractivity contribution is -0.123. The van der Waals surface area contributed by atoms with Gasteiger partial charge < -0.3 is 0 Å². The molecular formula is C11H14O. The third-order valence-corrected chi connectivity index (χ3v) is 3.02. The van der Waals surface area contributed by atoms with Gasteiger partial charge in [0.15, 0.2) is 0 Å². The molecule has 0 heterocycles. The van der Waals surface area contributed by atoms with E-state index < -0.39 is 0 Å². The molecule has 0 radical (unpaired) electrons. The van der Waals surface area contributed by atoms with Gasteiger partial charge in [-0.1, -0.05) is 6.58 Å². The van der Waals surface area contributed by atoms with Crippen LogP contribution < -0.4 is 0 Å². The third kappa shape index (κ3) is 1.37. The SMILES string of the molecule is C=C=C1CC2CC(=O)CC(C1)C2. The van der Waals surface area contributed by atoms with Gasteiger partial charge in [0.1, 0.15) is 5.78 Å². The fraction of sp³-hybridized carbons (Fsp3) is 0.636. The van der Waals surface area contributed by atoms with E-state index in [0.717, 1.165) is 25.7 Å². The fourth-order valence-electron chi connectivity index (χ4n) is 2.60. The minimum absolute atomic E-state index is 0.472. The zero-order chi connectivity index (χ0) is 8.55. The lowest BCUT2D eigenvalue weighted by Gasteiger charge is -2.34. The predicted octanol–water partition coefficient (Wildman–Crippen LogP) is 2.48. The minimum atomic E-state index is 0.472. The summed E-state index contributed by atoms with van der Waals surface area (Å²) in [6.45, 7) is 3.68. The van der Waals surface area contributed by atoms with Crippen molar-refractivity contribution in [3.8, 4) is 0 Å². The van der Waals surface area contributed by atoms with Crippen molar-refractivity contribution in [3.05, 3.63) is 17.9 Å². The molecule has 2 saturated carbocycles. The number of Topliss-reactive ketones (excluding diaryl/α,β-unsaturated/α-hetero) is 1.